The number of fused-ring (bicyclic) bond motifs is 3. The number of aromatic carboxylic acids is 1. The number of carboxylic acids is 1. The second-order valence-corrected chi connectivity index (χ2v) is 12.2. The Balaban J connectivity index is 1.05. The van der Waals surface area contributed by atoms with Gasteiger partial charge < -0.3 is 23.7 Å². The lowest BCUT2D eigenvalue weighted by Crippen LogP contribution is -2.47. The molecule has 0 radical (unpaired) electrons. The van der Waals surface area contributed by atoms with Gasteiger partial charge in [0.1, 0.15) is 18.5 Å². The predicted molar refractivity (Wildman–Crippen MR) is 169 cm³/mol. The number of halogens is 1. The molecule has 5 aromatic rings. The molecule has 1 saturated heterocycles. The summed E-state index contributed by atoms with van der Waals surface area (Å²) in [5.41, 5.74) is 3.67. The summed E-state index contributed by atoms with van der Waals surface area (Å²) in [5.74, 6) is 0.555. The lowest BCUT2D eigenvalue weighted by molar-refractivity contribution is 0.0265. The van der Waals surface area contributed by atoms with Crippen molar-refractivity contribution in [3.8, 4) is 17.7 Å². The maximum Gasteiger partial charge on any atom is 0.335 e. The molecule has 4 heterocycles. The highest BCUT2D eigenvalue weighted by molar-refractivity contribution is 5.92. The molecule has 2 unspecified atom stereocenters. The molecular formula is C35H34FN7O4. The molecule has 0 spiro atoms. The molecule has 2 aliphatic rings. The molecule has 1 saturated carbocycles. The Morgan fingerprint density at radius 2 is 1.91 bits per heavy atom. The predicted octanol–water partition coefficient (Wildman–Crippen LogP) is 5.27. The van der Waals surface area contributed by atoms with Gasteiger partial charge in [-0.15, -0.1) is 0 Å². The Kier molecular flexibility index (Phi) is 8.30. The molecule has 12 heteroatoms. The second-order valence-electron chi connectivity index (χ2n) is 12.2. The van der Waals surface area contributed by atoms with E-state index in [1.165, 1.54) is 12.1 Å². The van der Waals surface area contributed by atoms with Crippen LogP contribution in [0.1, 0.15) is 52.9 Å². The summed E-state index contributed by atoms with van der Waals surface area (Å²) in [5, 5.41) is 18.6. The topological polar surface area (TPSA) is 131 Å². The number of hydrogen-bond donors (Lipinski definition) is 1. The smallest absolute Gasteiger partial charge is 0.335 e. The van der Waals surface area contributed by atoms with Gasteiger partial charge in [0, 0.05) is 43.7 Å². The maximum atomic E-state index is 14.3. The van der Waals surface area contributed by atoms with E-state index in [1.807, 2.05) is 36.8 Å². The van der Waals surface area contributed by atoms with Crippen molar-refractivity contribution >= 4 is 17.0 Å². The standard InChI is InChI=1S/C35H34FN7O4/c1-2-42-21-38-15-27(42)18-43-30-13-23(35(44)45)9-10-29(30)40-32(43)19-41-16-24-7-8-25(17-41)34(24)47-33-5-3-4-26(39-33)20-46-31-11-6-22(14-37)12-28(31)36/h3-6,9-13,15,21,24-25,34H,2,7-8,16-20H2,1H3,(H,44,45). The fourth-order valence-corrected chi connectivity index (χ4v) is 6.90. The summed E-state index contributed by atoms with van der Waals surface area (Å²) in [6.07, 6.45) is 5.80. The molecule has 0 amide bonds. The van der Waals surface area contributed by atoms with Crippen molar-refractivity contribution in [2.24, 2.45) is 11.8 Å². The molecule has 2 bridgehead atoms. The third kappa shape index (κ3) is 6.26. The lowest BCUT2D eigenvalue weighted by Gasteiger charge is -2.37. The van der Waals surface area contributed by atoms with Crippen LogP contribution in [0.4, 0.5) is 4.39 Å². The minimum Gasteiger partial charge on any atom is -0.484 e. The maximum absolute atomic E-state index is 14.3. The summed E-state index contributed by atoms with van der Waals surface area (Å²) in [7, 11) is 0. The number of nitrogens with zero attached hydrogens (tertiary/aromatic N) is 7. The minimum atomic E-state index is -0.966. The van der Waals surface area contributed by atoms with E-state index in [1.54, 1.807) is 18.2 Å². The number of ether oxygens (including phenoxy) is 2. The van der Waals surface area contributed by atoms with Crippen molar-refractivity contribution < 1.29 is 23.8 Å². The number of benzene rings is 2. The fourth-order valence-electron chi connectivity index (χ4n) is 6.90. The summed E-state index contributed by atoms with van der Waals surface area (Å²) >= 11 is 0. The number of rotatable bonds is 11. The van der Waals surface area contributed by atoms with Crippen molar-refractivity contribution in [2.45, 2.75) is 52.1 Å². The molecule has 1 N–H and O–H groups in total. The van der Waals surface area contributed by atoms with Gasteiger partial charge in [-0.2, -0.15) is 5.26 Å². The van der Waals surface area contributed by atoms with Gasteiger partial charge in [0.05, 0.1) is 59.0 Å². The van der Waals surface area contributed by atoms with Crippen molar-refractivity contribution in [1.82, 2.24) is 29.0 Å². The Bertz CT molecular complexity index is 1970. The number of imidazole rings is 2. The molecule has 7 rings (SSSR count). The molecule has 1 aliphatic carbocycles. The number of nitriles is 1. The Morgan fingerprint density at radius 3 is 2.66 bits per heavy atom. The lowest BCUT2D eigenvalue weighted by atomic mass is 9.95. The first-order valence-corrected chi connectivity index (χ1v) is 15.8. The van der Waals surface area contributed by atoms with Crippen LogP contribution >= 0.6 is 0 Å². The summed E-state index contributed by atoms with van der Waals surface area (Å²) in [4.78, 5) is 28.1. The fraction of sp³-hybridized carbons (Fsp3) is 0.343. The van der Waals surface area contributed by atoms with Gasteiger partial charge in [0.25, 0.3) is 0 Å². The Hall–Kier alpha value is -5.28. The number of pyridine rings is 1. The number of hydrogen-bond acceptors (Lipinski definition) is 8. The van der Waals surface area contributed by atoms with Crippen molar-refractivity contribution in [2.75, 3.05) is 13.1 Å². The number of aromatic nitrogens is 5. The van der Waals surface area contributed by atoms with Gasteiger partial charge in [-0.3, -0.25) is 4.90 Å². The van der Waals surface area contributed by atoms with E-state index in [4.69, 9.17) is 19.7 Å². The third-order valence-electron chi connectivity index (χ3n) is 9.20. The van der Waals surface area contributed by atoms with Gasteiger partial charge >= 0.3 is 5.97 Å². The normalized spacial score (nSPS) is 19.1. The minimum absolute atomic E-state index is 0.0294. The van der Waals surface area contributed by atoms with E-state index in [0.717, 1.165) is 61.1 Å². The molecule has 240 valence electrons. The molecule has 2 atom stereocenters. The average molecular weight is 636 g/mol. The first-order valence-electron chi connectivity index (χ1n) is 15.8. The van der Waals surface area contributed by atoms with Crippen LogP contribution in [-0.4, -0.2) is 59.3 Å². The van der Waals surface area contributed by atoms with E-state index in [-0.39, 0.29) is 29.6 Å². The highest BCUT2D eigenvalue weighted by Gasteiger charge is 2.44. The van der Waals surface area contributed by atoms with Gasteiger partial charge in [0.15, 0.2) is 11.6 Å². The highest BCUT2D eigenvalue weighted by Crippen LogP contribution is 2.40. The van der Waals surface area contributed by atoms with E-state index in [9.17, 15) is 14.3 Å². The number of piperidine rings is 1. The molecular weight excluding hydrogens is 601 g/mol. The van der Waals surface area contributed by atoms with Crippen LogP contribution in [0, 0.1) is 29.0 Å². The third-order valence-corrected chi connectivity index (χ3v) is 9.20. The monoisotopic (exact) mass is 635 g/mol. The number of carbonyl (C=O) groups is 1. The highest BCUT2D eigenvalue weighted by atomic mass is 19.1. The first-order chi connectivity index (χ1) is 22.9. The number of likely N-dealkylation sites (tertiary alicyclic amines) is 1. The van der Waals surface area contributed by atoms with E-state index in [0.29, 0.717) is 36.5 Å². The Morgan fingerprint density at radius 1 is 1.09 bits per heavy atom. The summed E-state index contributed by atoms with van der Waals surface area (Å²) in [6, 6.07) is 16.6. The molecule has 11 nitrogen and oxygen atoms in total. The van der Waals surface area contributed by atoms with E-state index >= 15 is 0 Å². The molecule has 1 aliphatic heterocycles. The number of carboxylic acid groups (broad SMARTS) is 1. The van der Waals surface area contributed by atoms with Gasteiger partial charge in [-0.25, -0.2) is 24.1 Å². The van der Waals surface area contributed by atoms with Crippen LogP contribution < -0.4 is 9.47 Å². The van der Waals surface area contributed by atoms with Gasteiger partial charge in [-0.1, -0.05) is 6.07 Å². The van der Waals surface area contributed by atoms with Crippen molar-refractivity contribution in [3.63, 3.8) is 0 Å². The molecule has 47 heavy (non-hydrogen) atoms. The summed E-state index contributed by atoms with van der Waals surface area (Å²) in [6.45, 7) is 5.79. The van der Waals surface area contributed by atoms with Crippen molar-refractivity contribution in [3.05, 3.63) is 101 Å². The van der Waals surface area contributed by atoms with Crippen molar-refractivity contribution in [1.29, 1.82) is 5.26 Å². The van der Waals surface area contributed by atoms with Crippen LogP contribution in [0.25, 0.3) is 11.0 Å². The molecule has 3 aromatic heterocycles. The zero-order chi connectivity index (χ0) is 32.5. The molecule has 2 fully saturated rings. The second kappa shape index (κ2) is 12.8. The Labute approximate surface area is 270 Å². The van der Waals surface area contributed by atoms with Crippen LogP contribution in [0.15, 0.2) is 67.1 Å². The van der Waals surface area contributed by atoms with Gasteiger partial charge in [0.2, 0.25) is 5.88 Å². The zero-order valence-corrected chi connectivity index (χ0v) is 25.9. The van der Waals surface area contributed by atoms with Crippen LogP contribution in [0.5, 0.6) is 11.6 Å². The first kappa shape index (κ1) is 30.4. The SMILES string of the molecule is CCn1cncc1Cn1c(CN2CC3CCC(C2)C3Oc2cccc(COc3ccc(C#N)cc3F)n2)nc2ccc(C(=O)O)cc21. The van der Waals surface area contributed by atoms with Crippen LogP contribution in [0.2, 0.25) is 0 Å². The van der Waals surface area contributed by atoms with Gasteiger partial charge in [-0.05, 0) is 62.2 Å². The largest absolute Gasteiger partial charge is 0.484 e. The average Bonchev–Trinajstić information content (AvgIpc) is 3.73. The number of aryl methyl sites for hydroxylation is 1. The zero-order valence-electron chi connectivity index (χ0n) is 25.9. The van der Waals surface area contributed by atoms with E-state index in [2.05, 4.69) is 30.9 Å². The van der Waals surface area contributed by atoms with E-state index < -0.39 is 11.8 Å². The summed E-state index contributed by atoms with van der Waals surface area (Å²) < 4.78 is 30.6. The van der Waals surface area contributed by atoms with Crippen LogP contribution in [-0.2, 0) is 26.2 Å². The quantitative estimate of drug-likeness (QED) is 0.206. The molecule has 2 aromatic carbocycles. The van der Waals surface area contributed by atoms with Crippen LogP contribution in [0.3, 0.4) is 0 Å².